The predicted molar refractivity (Wildman–Crippen MR) is 151 cm³/mol. The molecule has 1 aromatic carbocycles. The molecule has 5 heterocycles. The zero-order valence-corrected chi connectivity index (χ0v) is 23.5. The van der Waals surface area contributed by atoms with Crippen LogP contribution in [0.5, 0.6) is 0 Å². The van der Waals surface area contributed by atoms with E-state index in [-0.39, 0.29) is 0 Å². The summed E-state index contributed by atoms with van der Waals surface area (Å²) in [5, 5.41) is 0. The Kier molecular flexibility index (Phi) is 6.17. The van der Waals surface area contributed by atoms with Crippen LogP contribution in [0.2, 0.25) is 0 Å². The molecule has 0 radical (unpaired) electrons. The van der Waals surface area contributed by atoms with Crippen molar-refractivity contribution in [3.63, 3.8) is 0 Å². The number of pyridine rings is 1. The van der Waals surface area contributed by atoms with Crippen molar-refractivity contribution in [1.29, 1.82) is 0 Å². The number of aromatic nitrogens is 2. The van der Waals surface area contributed by atoms with Gasteiger partial charge in [-0.05, 0) is 106 Å². The Hall–Kier alpha value is -2.22. The first-order valence-corrected chi connectivity index (χ1v) is 16.5. The first kappa shape index (κ1) is 24.8. The number of sulfone groups is 1. The van der Waals surface area contributed by atoms with Gasteiger partial charge in [0.15, 0.2) is 9.84 Å². The lowest BCUT2D eigenvalue weighted by Crippen LogP contribution is -2.52. The Labute approximate surface area is 227 Å². The summed E-state index contributed by atoms with van der Waals surface area (Å²) in [6.07, 6.45) is 16.6. The zero-order chi connectivity index (χ0) is 26.0. The lowest BCUT2D eigenvalue weighted by Gasteiger charge is -2.45. The molecule has 4 aliphatic rings. The van der Waals surface area contributed by atoms with Crippen molar-refractivity contribution >= 4 is 15.5 Å². The highest BCUT2D eigenvalue weighted by Crippen LogP contribution is 2.42. The Morgan fingerprint density at radius 3 is 2.21 bits per heavy atom. The molecule has 0 N–H and O–H groups in total. The lowest BCUT2D eigenvalue weighted by atomic mass is 9.87. The van der Waals surface area contributed by atoms with Crippen LogP contribution in [0.3, 0.4) is 0 Å². The number of rotatable bonds is 6. The molecule has 202 valence electrons. The monoisotopic (exact) mass is 532 g/mol. The minimum Gasteiger partial charge on any atom is -0.306 e. The fraction of sp³-hybridized carbons (Fsp3) is 0.581. The van der Waals surface area contributed by atoms with Crippen LogP contribution in [0.1, 0.15) is 68.4 Å². The number of likely N-dealkylation sites (tertiary alicyclic amines) is 1. The van der Waals surface area contributed by atoms with E-state index in [0.717, 1.165) is 40.9 Å². The summed E-state index contributed by atoms with van der Waals surface area (Å²) in [5.41, 5.74) is 5.41. The van der Waals surface area contributed by atoms with E-state index in [9.17, 15) is 8.42 Å². The molecule has 3 saturated heterocycles. The quantitative estimate of drug-likeness (QED) is 0.431. The highest BCUT2D eigenvalue weighted by molar-refractivity contribution is 7.90. The maximum atomic E-state index is 11.8. The molecule has 3 aromatic rings. The first-order valence-electron chi connectivity index (χ1n) is 14.6. The van der Waals surface area contributed by atoms with E-state index >= 15 is 0 Å². The number of nitrogens with zero attached hydrogens (tertiary/aromatic N) is 4. The van der Waals surface area contributed by atoms with Gasteiger partial charge in [-0.3, -0.25) is 4.90 Å². The van der Waals surface area contributed by atoms with Crippen molar-refractivity contribution in [3.8, 4) is 11.3 Å². The van der Waals surface area contributed by atoms with Crippen molar-refractivity contribution in [3.05, 3.63) is 53.9 Å². The van der Waals surface area contributed by atoms with Gasteiger partial charge in [0.25, 0.3) is 0 Å². The van der Waals surface area contributed by atoms with E-state index in [1.165, 1.54) is 88.4 Å². The number of aryl methyl sites for hydroxylation is 1. The molecular formula is C31H40N4O2S. The van der Waals surface area contributed by atoms with Gasteiger partial charge in [0.1, 0.15) is 5.65 Å². The predicted octanol–water partition coefficient (Wildman–Crippen LogP) is 5.30. The molecule has 7 heteroatoms. The van der Waals surface area contributed by atoms with Crippen LogP contribution in [0.4, 0.5) is 0 Å². The van der Waals surface area contributed by atoms with Crippen molar-refractivity contribution in [2.45, 2.75) is 87.2 Å². The summed E-state index contributed by atoms with van der Waals surface area (Å²) in [6, 6.07) is 11.9. The SMILES string of the molecule is Cc1cc(C2CCN(C3CC4CCC(C3)N4CC3CC3)CC2)cn2cc(-c3ccc(S(C)(=O)=O)cc3)nc12. The Balaban J connectivity index is 1.03. The highest BCUT2D eigenvalue weighted by Gasteiger charge is 2.44. The molecule has 3 aliphatic heterocycles. The number of imidazole rings is 1. The minimum atomic E-state index is -3.20. The third kappa shape index (κ3) is 4.71. The van der Waals surface area contributed by atoms with Crippen molar-refractivity contribution < 1.29 is 8.42 Å². The van der Waals surface area contributed by atoms with Gasteiger partial charge in [0.2, 0.25) is 0 Å². The second kappa shape index (κ2) is 9.46. The van der Waals surface area contributed by atoms with E-state index in [4.69, 9.17) is 4.98 Å². The van der Waals surface area contributed by atoms with Crippen LogP contribution in [0.25, 0.3) is 16.9 Å². The molecule has 38 heavy (non-hydrogen) atoms. The smallest absolute Gasteiger partial charge is 0.175 e. The summed E-state index contributed by atoms with van der Waals surface area (Å²) in [4.78, 5) is 11.0. The van der Waals surface area contributed by atoms with Gasteiger partial charge in [-0.2, -0.15) is 0 Å². The largest absolute Gasteiger partial charge is 0.306 e. The van der Waals surface area contributed by atoms with Gasteiger partial charge >= 0.3 is 0 Å². The summed E-state index contributed by atoms with van der Waals surface area (Å²) in [6.45, 7) is 5.98. The van der Waals surface area contributed by atoms with E-state index in [1.54, 1.807) is 12.1 Å². The molecule has 0 spiro atoms. The van der Waals surface area contributed by atoms with Crippen LogP contribution >= 0.6 is 0 Å². The van der Waals surface area contributed by atoms with Crippen molar-refractivity contribution in [2.75, 3.05) is 25.9 Å². The molecule has 2 atom stereocenters. The van der Waals surface area contributed by atoms with Gasteiger partial charge < -0.3 is 9.30 Å². The average molecular weight is 533 g/mol. The number of hydrogen-bond acceptors (Lipinski definition) is 5. The molecule has 6 nitrogen and oxygen atoms in total. The van der Waals surface area contributed by atoms with Gasteiger partial charge in [0, 0.05) is 48.9 Å². The van der Waals surface area contributed by atoms with Crippen LogP contribution < -0.4 is 0 Å². The summed E-state index contributed by atoms with van der Waals surface area (Å²) in [5.74, 6) is 1.61. The Morgan fingerprint density at radius 2 is 1.58 bits per heavy atom. The fourth-order valence-corrected chi connectivity index (χ4v) is 8.20. The molecule has 2 unspecified atom stereocenters. The normalized spacial score (nSPS) is 27.4. The molecule has 1 saturated carbocycles. The van der Waals surface area contributed by atoms with Crippen LogP contribution in [0.15, 0.2) is 47.6 Å². The molecule has 7 rings (SSSR count). The minimum absolute atomic E-state index is 0.339. The Morgan fingerprint density at radius 1 is 0.895 bits per heavy atom. The average Bonchev–Trinajstić information content (AvgIpc) is 3.57. The molecule has 1 aliphatic carbocycles. The van der Waals surface area contributed by atoms with E-state index < -0.39 is 9.84 Å². The maximum Gasteiger partial charge on any atom is 0.175 e. The number of hydrogen-bond donors (Lipinski definition) is 0. The van der Waals surface area contributed by atoms with Gasteiger partial charge in [-0.15, -0.1) is 0 Å². The highest BCUT2D eigenvalue weighted by atomic mass is 32.2. The lowest BCUT2D eigenvalue weighted by molar-refractivity contribution is 0.0438. The standard InChI is InChI=1S/C31H40N4O2S/c1-21-15-25(19-34-20-30(32-31(21)34)24-5-9-29(10-6-24)38(2,36)37)23-11-13-33(14-12-23)28-16-26-7-8-27(17-28)35(26)18-22-3-4-22/h5-6,9-10,15,19-20,22-23,26-28H,3-4,7-8,11-14,16-18H2,1-2H3. The first-order chi connectivity index (χ1) is 18.3. The van der Waals surface area contributed by atoms with Crippen LogP contribution in [-0.4, -0.2) is 71.6 Å². The number of benzene rings is 1. The van der Waals surface area contributed by atoms with Crippen LogP contribution in [0, 0.1) is 12.8 Å². The van der Waals surface area contributed by atoms with Gasteiger partial charge in [-0.25, -0.2) is 13.4 Å². The van der Waals surface area contributed by atoms with Crippen molar-refractivity contribution in [2.24, 2.45) is 5.92 Å². The maximum absolute atomic E-state index is 11.8. The molecule has 2 bridgehead atoms. The molecule has 0 amide bonds. The van der Waals surface area contributed by atoms with Gasteiger partial charge in [0.05, 0.1) is 10.6 Å². The summed E-state index contributed by atoms with van der Waals surface area (Å²) < 4.78 is 25.8. The summed E-state index contributed by atoms with van der Waals surface area (Å²) >= 11 is 0. The second-order valence-corrected chi connectivity index (χ2v) is 14.6. The number of fused-ring (bicyclic) bond motifs is 3. The third-order valence-electron chi connectivity index (χ3n) is 9.88. The molecule has 2 aromatic heterocycles. The topological polar surface area (TPSA) is 57.9 Å². The number of piperidine rings is 2. The van der Waals surface area contributed by atoms with E-state index in [2.05, 4.69) is 39.6 Å². The fourth-order valence-electron chi connectivity index (χ4n) is 7.57. The van der Waals surface area contributed by atoms with Crippen LogP contribution in [-0.2, 0) is 9.84 Å². The molecular weight excluding hydrogens is 492 g/mol. The second-order valence-electron chi connectivity index (χ2n) is 12.6. The third-order valence-corrected chi connectivity index (χ3v) is 11.0. The summed E-state index contributed by atoms with van der Waals surface area (Å²) in [7, 11) is -3.20. The van der Waals surface area contributed by atoms with E-state index in [0.29, 0.717) is 10.8 Å². The van der Waals surface area contributed by atoms with E-state index in [1.807, 2.05) is 12.1 Å². The molecule has 4 fully saturated rings. The zero-order valence-electron chi connectivity index (χ0n) is 22.7. The van der Waals surface area contributed by atoms with Gasteiger partial charge in [-0.1, -0.05) is 18.2 Å². The van der Waals surface area contributed by atoms with Crippen molar-refractivity contribution in [1.82, 2.24) is 19.2 Å². The Bertz CT molecular complexity index is 1420.